The zero-order chi connectivity index (χ0) is 66.9. The first-order valence-corrected chi connectivity index (χ1v) is 34.1. The quantitative estimate of drug-likeness (QED) is 0.116. The van der Waals surface area contributed by atoms with E-state index in [1.807, 2.05) is 85.8 Å². The van der Waals surface area contributed by atoms with Crippen molar-refractivity contribution < 1.29 is 17.7 Å². The van der Waals surface area contributed by atoms with Crippen molar-refractivity contribution in [3.05, 3.63) is 328 Å². The van der Waals surface area contributed by atoms with Crippen LogP contribution in [0.5, 0.6) is 0 Å². The van der Waals surface area contributed by atoms with E-state index >= 15 is 0 Å². The van der Waals surface area contributed by atoms with Crippen LogP contribution in [-0.2, 0) is 0 Å². The smallest absolute Gasteiger partial charge is 0.161 e. The molecule has 10 heteroatoms. The van der Waals surface area contributed by atoms with Crippen LogP contribution in [-0.4, -0.2) is 19.9 Å². The van der Waals surface area contributed by atoms with Gasteiger partial charge in [-0.3, -0.25) is 19.9 Å². The van der Waals surface area contributed by atoms with Gasteiger partial charge in [0.25, 0.3) is 0 Å². The monoisotopic (exact) mass is 1310 g/mol. The second-order valence-electron chi connectivity index (χ2n) is 26.1. The van der Waals surface area contributed by atoms with Gasteiger partial charge in [-0.15, -0.1) is 0 Å². The maximum absolute atomic E-state index is 6.81. The Balaban J connectivity index is 0.592. The van der Waals surface area contributed by atoms with E-state index in [2.05, 4.69) is 262 Å². The lowest BCUT2D eigenvalue weighted by atomic mass is 10.00. The minimum Gasteiger partial charge on any atom is -0.455 e. The molecule has 10 nitrogen and oxygen atoms in total. The lowest BCUT2D eigenvalue weighted by Gasteiger charge is -2.27. The molecule has 0 radical (unpaired) electrons. The summed E-state index contributed by atoms with van der Waals surface area (Å²) < 4.78 is 26.5. The largest absolute Gasteiger partial charge is 0.455 e. The van der Waals surface area contributed by atoms with Crippen LogP contribution < -0.4 is 9.80 Å². The predicted octanol–water partition coefficient (Wildman–Crippen LogP) is 25.6. The van der Waals surface area contributed by atoms with Crippen LogP contribution in [0.1, 0.15) is 0 Å². The van der Waals surface area contributed by atoms with Crippen LogP contribution in [0.15, 0.2) is 346 Å². The highest BCUT2D eigenvalue weighted by atomic mass is 16.3. The maximum atomic E-state index is 6.81. The molecular weight excluding hydrogens is 1250 g/mol. The minimum absolute atomic E-state index is 0.729. The highest BCUT2D eigenvalue weighted by Gasteiger charge is 2.23. The van der Waals surface area contributed by atoms with Crippen molar-refractivity contribution in [1.82, 2.24) is 19.9 Å². The lowest BCUT2D eigenvalue weighted by Crippen LogP contribution is -2.10. The second-order valence-corrected chi connectivity index (χ2v) is 26.1. The second kappa shape index (κ2) is 22.8. The van der Waals surface area contributed by atoms with Gasteiger partial charge in [0.1, 0.15) is 44.6 Å². The molecule has 476 valence electrons. The van der Waals surface area contributed by atoms with Crippen LogP contribution in [0.25, 0.3) is 176 Å². The number of fused-ring (bicyclic) bond motifs is 16. The molecule has 21 aromatic rings. The minimum atomic E-state index is 0.729. The number of hydrogen-bond acceptors (Lipinski definition) is 10. The first-order valence-electron chi connectivity index (χ1n) is 34.1. The molecule has 0 N–H and O–H groups in total. The molecule has 0 fully saturated rings. The van der Waals surface area contributed by atoms with E-state index in [4.69, 9.17) is 27.6 Å². The van der Waals surface area contributed by atoms with Crippen LogP contribution in [0.2, 0.25) is 0 Å². The molecule has 0 aliphatic rings. The fourth-order valence-electron chi connectivity index (χ4n) is 15.4. The van der Waals surface area contributed by atoms with Gasteiger partial charge >= 0.3 is 0 Å². The number of nitrogens with zero attached hydrogens (tertiary/aromatic N) is 6. The predicted molar refractivity (Wildman–Crippen MR) is 416 cm³/mol. The number of benzene rings is 13. The van der Waals surface area contributed by atoms with E-state index in [0.717, 1.165) is 194 Å². The fourth-order valence-corrected chi connectivity index (χ4v) is 15.4. The molecule has 0 aliphatic carbocycles. The van der Waals surface area contributed by atoms with Crippen molar-refractivity contribution in [2.24, 2.45) is 0 Å². The van der Waals surface area contributed by atoms with Crippen molar-refractivity contribution in [2.45, 2.75) is 0 Å². The van der Waals surface area contributed by atoms with Crippen molar-refractivity contribution in [1.29, 1.82) is 0 Å². The normalized spacial score (nSPS) is 11.9. The maximum Gasteiger partial charge on any atom is 0.161 e. The number of para-hydroxylation sites is 2. The van der Waals surface area contributed by atoms with Gasteiger partial charge in [-0.25, -0.2) is 0 Å². The summed E-state index contributed by atoms with van der Waals surface area (Å²) in [6.45, 7) is 0. The standard InChI is InChI=1S/C92H54N6O4/c1-3-13-69-56(11-1)20-21-63-46-68(40-41-70(63)69)97(64-32-24-58(25-33-64)77-49-93-52-80-73-15-5-7-18-84(73)99-89(77)80)65-34-26-59(27-35-65)79-51-95-54-82-75-47-61(30-42-86(75)101-91(79)82)62-31-43-87-76(48-62)88-92(102-87)72(44-45-96-88)57-22-36-66(37-23-57)98(83-17-9-12-55-10-2-4-14-71(55)83)67-38-28-60(29-39-67)78-50-94-53-81-74-16-6-8-19-85(74)100-90(78)81/h1-54H. The van der Waals surface area contributed by atoms with Gasteiger partial charge in [0.2, 0.25) is 0 Å². The summed E-state index contributed by atoms with van der Waals surface area (Å²) >= 11 is 0. The van der Waals surface area contributed by atoms with E-state index in [1.165, 1.54) is 16.2 Å². The van der Waals surface area contributed by atoms with Gasteiger partial charge in [-0.05, 0) is 170 Å². The molecule has 102 heavy (non-hydrogen) atoms. The van der Waals surface area contributed by atoms with Crippen molar-refractivity contribution in [2.75, 3.05) is 9.80 Å². The van der Waals surface area contributed by atoms with E-state index < -0.39 is 0 Å². The van der Waals surface area contributed by atoms with E-state index in [-0.39, 0.29) is 0 Å². The number of furan rings is 4. The molecule has 21 rings (SSSR count). The molecule has 0 spiro atoms. The van der Waals surface area contributed by atoms with Gasteiger partial charge in [-0.1, -0.05) is 176 Å². The molecule has 0 saturated heterocycles. The number of rotatable bonds is 11. The summed E-state index contributed by atoms with van der Waals surface area (Å²) in [4.78, 5) is 23.8. The van der Waals surface area contributed by atoms with E-state index in [1.54, 1.807) is 0 Å². The number of anilines is 6. The molecular formula is C92H54N6O4. The number of aromatic nitrogens is 4. The molecule has 0 amide bonds. The highest BCUT2D eigenvalue weighted by Crippen LogP contribution is 2.47. The number of pyridine rings is 4. The summed E-state index contributed by atoms with van der Waals surface area (Å²) in [5.41, 5.74) is 23.2. The van der Waals surface area contributed by atoms with Crippen molar-refractivity contribution in [3.63, 3.8) is 0 Å². The zero-order valence-corrected chi connectivity index (χ0v) is 54.5. The molecule has 0 saturated carbocycles. The molecule has 0 aliphatic heterocycles. The third kappa shape index (κ3) is 9.20. The van der Waals surface area contributed by atoms with Crippen LogP contribution in [0, 0.1) is 0 Å². The van der Waals surface area contributed by atoms with Gasteiger partial charge in [0.05, 0.1) is 5.69 Å². The Hall–Kier alpha value is -14.0. The summed E-state index contributed by atoms with van der Waals surface area (Å²) in [6.07, 6.45) is 13.3. The fraction of sp³-hybridized carbons (Fsp3) is 0. The third-order valence-electron chi connectivity index (χ3n) is 20.4. The molecule has 0 bridgehead atoms. The summed E-state index contributed by atoms with van der Waals surface area (Å²) in [5.74, 6) is 0. The molecule has 0 unspecified atom stereocenters. The van der Waals surface area contributed by atoms with Gasteiger partial charge in [0.15, 0.2) is 5.58 Å². The van der Waals surface area contributed by atoms with Gasteiger partial charge < -0.3 is 27.5 Å². The number of hydrogen-bond donors (Lipinski definition) is 0. The molecule has 8 heterocycles. The summed E-state index contributed by atoms with van der Waals surface area (Å²) in [6, 6.07) is 101. The van der Waals surface area contributed by atoms with Crippen molar-refractivity contribution in [3.8, 4) is 55.6 Å². The first kappa shape index (κ1) is 57.1. The average Bonchev–Trinajstić information content (AvgIpc) is 1.70. The van der Waals surface area contributed by atoms with Gasteiger partial charge in [0, 0.05) is 137 Å². The van der Waals surface area contributed by atoms with Crippen LogP contribution in [0.4, 0.5) is 34.1 Å². The Labute approximate surface area is 582 Å². The Morgan fingerprint density at radius 2 is 0.627 bits per heavy atom. The van der Waals surface area contributed by atoms with E-state index in [0.29, 0.717) is 0 Å². The SMILES string of the molecule is c1ccc2c(N(c3ccc(-c4cncc5c4oc4ccccc45)cc3)c3ccc(-c4ccnc5c4oc4ccc(-c6ccc7oc8c(-c9ccc(N(c%10ccc(-c%11cncc%12c%11oc%11ccccc%11%12)cc%10)c%10ccc%11c(ccc%12ccccc%12%11)c%10)cc9)cncc8c7c6)cc45)cc3)cccc2c1. The lowest BCUT2D eigenvalue weighted by molar-refractivity contribution is 0.669. The molecule has 13 aromatic carbocycles. The van der Waals surface area contributed by atoms with Crippen LogP contribution >= 0.6 is 0 Å². The summed E-state index contributed by atoms with van der Waals surface area (Å²) in [7, 11) is 0. The van der Waals surface area contributed by atoms with Gasteiger partial charge in [-0.2, -0.15) is 0 Å². The first-order chi connectivity index (χ1) is 50.5. The highest BCUT2D eigenvalue weighted by molar-refractivity contribution is 6.14. The zero-order valence-electron chi connectivity index (χ0n) is 54.5. The Morgan fingerprint density at radius 3 is 1.20 bits per heavy atom. The van der Waals surface area contributed by atoms with E-state index in [9.17, 15) is 0 Å². The van der Waals surface area contributed by atoms with Crippen molar-refractivity contribution >= 4 is 154 Å². The Morgan fingerprint density at radius 1 is 0.225 bits per heavy atom. The molecule has 8 aromatic heterocycles. The summed E-state index contributed by atoms with van der Waals surface area (Å²) in [5, 5.41) is 14.1. The van der Waals surface area contributed by atoms with Crippen LogP contribution in [0.3, 0.4) is 0 Å². The third-order valence-corrected chi connectivity index (χ3v) is 20.4. The Bertz CT molecular complexity index is 6950. The average molecular weight is 1310 g/mol. The molecule has 0 atom stereocenters. The topological polar surface area (TPSA) is 111 Å². The Kier molecular flexibility index (Phi) is 12.8.